The van der Waals surface area contributed by atoms with Crippen LogP contribution in [0.3, 0.4) is 0 Å². The van der Waals surface area contributed by atoms with E-state index in [1.165, 1.54) is 14.2 Å². The van der Waals surface area contributed by atoms with Crippen molar-refractivity contribution in [3.05, 3.63) is 0 Å². The summed E-state index contributed by atoms with van der Waals surface area (Å²) in [4.78, 5) is 0. The van der Waals surface area contributed by atoms with Crippen LogP contribution < -0.4 is 0 Å². The quantitative estimate of drug-likeness (QED) is 0.378. The number of aliphatic hydroxyl groups excluding tert-OH is 4. The number of hydrogen-bond donors (Lipinski definition) is 4. The first-order valence-electron chi connectivity index (χ1n) is 4.25. The smallest absolute Gasteiger partial charge is 0.114 e. The van der Waals surface area contributed by atoms with Crippen LogP contribution in [0.1, 0.15) is 0 Å². The molecule has 0 bridgehead atoms. The number of ether oxygens (including phenoxy) is 2. The van der Waals surface area contributed by atoms with Gasteiger partial charge in [-0.2, -0.15) is 0 Å². The SMILES string of the molecule is COC(C(O)CO)C(OC)C(O)CO. The Morgan fingerprint density at radius 1 is 0.857 bits per heavy atom. The Morgan fingerprint density at radius 2 is 1.14 bits per heavy atom. The summed E-state index contributed by atoms with van der Waals surface area (Å²) in [7, 11) is 2.64. The van der Waals surface area contributed by atoms with Crippen molar-refractivity contribution in [1.82, 2.24) is 0 Å². The van der Waals surface area contributed by atoms with Crippen LogP contribution in [0, 0.1) is 0 Å². The van der Waals surface area contributed by atoms with E-state index in [2.05, 4.69) is 0 Å². The molecule has 6 nitrogen and oxygen atoms in total. The Labute approximate surface area is 82.7 Å². The van der Waals surface area contributed by atoms with E-state index < -0.39 is 37.6 Å². The third kappa shape index (κ3) is 3.49. The molecule has 86 valence electrons. The summed E-state index contributed by atoms with van der Waals surface area (Å²) in [5.41, 5.74) is 0. The van der Waals surface area contributed by atoms with Gasteiger partial charge in [0.1, 0.15) is 24.4 Å². The molecule has 0 saturated heterocycles. The van der Waals surface area contributed by atoms with Crippen LogP contribution in [0.25, 0.3) is 0 Å². The van der Waals surface area contributed by atoms with Gasteiger partial charge in [0.2, 0.25) is 0 Å². The molecule has 6 heteroatoms. The molecule has 0 spiro atoms. The molecule has 14 heavy (non-hydrogen) atoms. The normalized spacial score (nSPS) is 20.1. The molecule has 0 aromatic rings. The molecule has 0 aliphatic heterocycles. The van der Waals surface area contributed by atoms with Crippen molar-refractivity contribution in [3.63, 3.8) is 0 Å². The van der Waals surface area contributed by atoms with Crippen LogP contribution in [0.15, 0.2) is 0 Å². The fourth-order valence-electron chi connectivity index (χ4n) is 1.23. The summed E-state index contributed by atoms with van der Waals surface area (Å²) in [6.07, 6.45) is -4.09. The maximum absolute atomic E-state index is 9.32. The molecule has 0 radical (unpaired) electrons. The number of rotatable bonds is 7. The average molecular weight is 210 g/mol. The van der Waals surface area contributed by atoms with Gasteiger partial charge in [-0.05, 0) is 0 Å². The summed E-state index contributed by atoms with van der Waals surface area (Å²) >= 11 is 0. The van der Waals surface area contributed by atoms with Crippen LogP contribution in [0.4, 0.5) is 0 Å². The largest absolute Gasteiger partial charge is 0.394 e. The van der Waals surface area contributed by atoms with Gasteiger partial charge in [-0.25, -0.2) is 0 Å². The second-order valence-electron chi connectivity index (χ2n) is 2.90. The summed E-state index contributed by atoms with van der Waals surface area (Å²) in [6, 6.07) is 0. The van der Waals surface area contributed by atoms with Crippen LogP contribution in [-0.2, 0) is 9.47 Å². The minimum atomic E-state index is -1.16. The van der Waals surface area contributed by atoms with E-state index in [1.54, 1.807) is 0 Å². The molecular formula is C8H18O6. The summed E-state index contributed by atoms with van der Waals surface area (Å²) in [5, 5.41) is 36.0. The molecule has 0 aliphatic carbocycles. The van der Waals surface area contributed by atoms with E-state index >= 15 is 0 Å². The minimum absolute atomic E-state index is 0.503. The second-order valence-corrected chi connectivity index (χ2v) is 2.90. The third-order valence-electron chi connectivity index (χ3n) is 2.00. The molecular weight excluding hydrogens is 192 g/mol. The lowest BCUT2D eigenvalue weighted by molar-refractivity contribution is -0.149. The zero-order valence-electron chi connectivity index (χ0n) is 8.33. The maximum atomic E-state index is 9.32. The van der Waals surface area contributed by atoms with Gasteiger partial charge in [0, 0.05) is 14.2 Å². The van der Waals surface area contributed by atoms with E-state index in [-0.39, 0.29) is 0 Å². The third-order valence-corrected chi connectivity index (χ3v) is 2.00. The van der Waals surface area contributed by atoms with Crippen molar-refractivity contribution >= 4 is 0 Å². The van der Waals surface area contributed by atoms with Crippen molar-refractivity contribution in [1.29, 1.82) is 0 Å². The van der Waals surface area contributed by atoms with E-state index in [1.807, 2.05) is 0 Å². The number of methoxy groups -OCH3 is 2. The molecule has 0 saturated carbocycles. The molecule has 0 aromatic heterocycles. The lowest BCUT2D eigenvalue weighted by Gasteiger charge is -2.30. The first kappa shape index (κ1) is 13.8. The highest BCUT2D eigenvalue weighted by Crippen LogP contribution is 2.11. The standard InChI is InChI=1S/C8H18O6/c1-13-7(5(11)3-9)8(14-2)6(12)4-10/h5-12H,3-4H2,1-2H3. The predicted molar refractivity (Wildman–Crippen MR) is 47.8 cm³/mol. The fourth-order valence-corrected chi connectivity index (χ4v) is 1.23. The van der Waals surface area contributed by atoms with Gasteiger partial charge in [0.15, 0.2) is 0 Å². The van der Waals surface area contributed by atoms with Crippen molar-refractivity contribution in [3.8, 4) is 0 Å². The zero-order valence-corrected chi connectivity index (χ0v) is 8.33. The zero-order chi connectivity index (χ0) is 11.1. The van der Waals surface area contributed by atoms with Crippen LogP contribution in [-0.4, -0.2) is 72.3 Å². The lowest BCUT2D eigenvalue weighted by Crippen LogP contribution is -2.49. The minimum Gasteiger partial charge on any atom is -0.394 e. The molecule has 0 aliphatic rings. The monoisotopic (exact) mass is 210 g/mol. The Bertz CT molecular complexity index is 126. The first-order chi connectivity index (χ1) is 6.62. The second kappa shape index (κ2) is 7.10. The van der Waals surface area contributed by atoms with E-state index in [0.717, 1.165) is 0 Å². The van der Waals surface area contributed by atoms with Crippen LogP contribution in [0.2, 0.25) is 0 Å². The highest BCUT2D eigenvalue weighted by atomic mass is 16.5. The van der Waals surface area contributed by atoms with E-state index in [4.69, 9.17) is 19.7 Å². The molecule has 4 N–H and O–H groups in total. The first-order valence-corrected chi connectivity index (χ1v) is 4.25. The van der Waals surface area contributed by atoms with Crippen LogP contribution in [0.5, 0.6) is 0 Å². The summed E-state index contributed by atoms with van der Waals surface area (Å²) in [5.74, 6) is 0. The lowest BCUT2D eigenvalue weighted by atomic mass is 10.0. The molecule has 0 fully saturated rings. The molecule has 4 atom stereocenters. The van der Waals surface area contributed by atoms with Gasteiger partial charge >= 0.3 is 0 Å². The van der Waals surface area contributed by atoms with Gasteiger partial charge < -0.3 is 29.9 Å². The maximum Gasteiger partial charge on any atom is 0.114 e. The number of aliphatic hydroxyl groups is 4. The molecule has 0 aromatic carbocycles. The van der Waals surface area contributed by atoms with E-state index in [0.29, 0.717) is 0 Å². The Morgan fingerprint density at radius 3 is 1.29 bits per heavy atom. The molecule has 0 rings (SSSR count). The fraction of sp³-hybridized carbons (Fsp3) is 1.00. The van der Waals surface area contributed by atoms with E-state index in [9.17, 15) is 10.2 Å². The molecule has 4 unspecified atom stereocenters. The summed E-state index contributed by atoms with van der Waals surface area (Å²) < 4.78 is 9.75. The predicted octanol–water partition coefficient (Wildman–Crippen LogP) is -2.28. The van der Waals surface area contributed by atoms with Crippen molar-refractivity contribution in [2.45, 2.75) is 24.4 Å². The van der Waals surface area contributed by atoms with Gasteiger partial charge in [-0.1, -0.05) is 0 Å². The van der Waals surface area contributed by atoms with Gasteiger partial charge in [0.05, 0.1) is 13.2 Å². The van der Waals surface area contributed by atoms with Crippen molar-refractivity contribution in [2.75, 3.05) is 27.4 Å². The highest BCUT2D eigenvalue weighted by Gasteiger charge is 2.33. The topological polar surface area (TPSA) is 99.4 Å². The van der Waals surface area contributed by atoms with Crippen LogP contribution >= 0.6 is 0 Å². The Balaban J connectivity index is 4.43. The van der Waals surface area contributed by atoms with Gasteiger partial charge in [-0.3, -0.25) is 0 Å². The average Bonchev–Trinajstić information content (AvgIpc) is 2.23. The van der Waals surface area contributed by atoms with Crippen molar-refractivity contribution in [2.24, 2.45) is 0 Å². The van der Waals surface area contributed by atoms with Gasteiger partial charge in [0.25, 0.3) is 0 Å². The molecule has 0 heterocycles. The summed E-state index contributed by atoms with van der Waals surface area (Å²) in [6.45, 7) is -1.01. The Hall–Kier alpha value is -0.240. The van der Waals surface area contributed by atoms with Gasteiger partial charge in [-0.15, -0.1) is 0 Å². The Kier molecular flexibility index (Phi) is 6.98. The van der Waals surface area contributed by atoms with Crippen molar-refractivity contribution < 1.29 is 29.9 Å². The number of hydrogen-bond acceptors (Lipinski definition) is 6. The molecule has 0 amide bonds. The highest BCUT2D eigenvalue weighted by molar-refractivity contribution is 4.82.